The van der Waals surface area contributed by atoms with Crippen molar-refractivity contribution in [2.45, 2.75) is 4.82 Å². The van der Waals surface area contributed by atoms with E-state index in [-0.39, 0.29) is 32.3 Å². The van der Waals surface area contributed by atoms with Gasteiger partial charge in [-0.25, -0.2) is 0 Å². The summed E-state index contributed by atoms with van der Waals surface area (Å²) in [6, 6.07) is 9.72. The van der Waals surface area contributed by atoms with Gasteiger partial charge in [0.1, 0.15) is 0 Å². The number of rotatable bonds is 5. The summed E-state index contributed by atoms with van der Waals surface area (Å²) < 4.78 is 5.77. The molecule has 1 aromatic rings. The normalized spacial score (nSPS) is 12.1. The summed E-state index contributed by atoms with van der Waals surface area (Å²) in [5.41, 5.74) is 2.02. The zero-order chi connectivity index (χ0) is 11.1. The number of hydroxylamine groups is 1. The predicted molar refractivity (Wildman–Crippen MR) is 57.4 cm³/mol. The molecule has 0 amide bonds. The van der Waals surface area contributed by atoms with Crippen molar-refractivity contribution in [3.05, 3.63) is 30.3 Å². The van der Waals surface area contributed by atoms with Gasteiger partial charge in [-0.15, -0.1) is 0 Å². The standard InChI is InChI=1S/C10H13NO3Se/c1-14-10(12)9(7-11-13)15-8-5-3-2-4-6-8/h2-6,9,11,13H,7H2,1H3. The van der Waals surface area contributed by atoms with Gasteiger partial charge in [-0.2, -0.15) is 0 Å². The summed E-state index contributed by atoms with van der Waals surface area (Å²) in [7, 11) is 1.35. The van der Waals surface area contributed by atoms with Gasteiger partial charge in [-0.05, 0) is 0 Å². The van der Waals surface area contributed by atoms with Crippen LogP contribution in [-0.4, -0.2) is 39.8 Å². The number of benzene rings is 1. The molecule has 1 atom stereocenters. The van der Waals surface area contributed by atoms with Crippen molar-refractivity contribution in [3.63, 3.8) is 0 Å². The first-order valence-electron chi connectivity index (χ1n) is 4.44. The fourth-order valence-electron chi connectivity index (χ4n) is 1.05. The first-order chi connectivity index (χ1) is 7.27. The van der Waals surface area contributed by atoms with Crippen molar-refractivity contribution < 1.29 is 14.7 Å². The van der Waals surface area contributed by atoms with E-state index in [1.54, 1.807) is 0 Å². The molecular weight excluding hydrogens is 261 g/mol. The topological polar surface area (TPSA) is 58.6 Å². The van der Waals surface area contributed by atoms with E-state index in [0.717, 1.165) is 4.46 Å². The summed E-state index contributed by atoms with van der Waals surface area (Å²) in [6.45, 7) is 0.224. The van der Waals surface area contributed by atoms with Crippen molar-refractivity contribution in [3.8, 4) is 0 Å². The fourth-order valence-corrected chi connectivity index (χ4v) is 3.13. The Kier molecular flexibility index (Phi) is 5.35. The van der Waals surface area contributed by atoms with Gasteiger partial charge in [-0.3, -0.25) is 0 Å². The molecule has 1 rings (SSSR count). The Bertz CT molecular complexity index is 305. The zero-order valence-electron chi connectivity index (χ0n) is 8.34. The molecule has 0 aromatic heterocycles. The quantitative estimate of drug-likeness (QED) is 0.449. The number of esters is 1. The second-order valence-corrected chi connectivity index (χ2v) is 5.48. The van der Waals surface area contributed by atoms with Crippen molar-refractivity contribution in [2.24, 2.45) is 0 Å². The Hall–Kier alpha value is -0.871. The third-order valence-electron chi connectivity index (χ3n) is 1.76. The average molecular weight is 274 g/mol. The van der Waals surface area contributed by atoms with Crippen LogP contribution in [0.4, 0.5) is 0 Å². The minimum atomic E-state index is -0.296. The summed E-state index contributed by atoms with van der Waals surface area (Å²) in [5, 5.41) is 8.61. The summed E-state index contributed by atoms with van der Waals surface area (Å²) in [5.74, 6) is -0.291. The molecular formula is C10H13NO3Se. The third-order valence-corrected chi connectivity index (χ3v) is 4.25. The van der Waals surface area contributed by atoms with Crippen LogP contribution in [0.2, 0.25) is 4.82 Å². The molecule has 5 heteroatoms. The Labute approximate surface area is 94.7 Å². The number of carbonyl (C=O) groups is 1. The Balaban J connectivity index is 2.62. The van der Waals surface area contributed by atoms with Crippen molar-refractivity contribution in [1.29, 1.82) is 0 Å². The minimum absolute atomic E-state index is 0.0376. The molecule has 0 spiro atoms. The van der Waals surface area contributed by atoms with Crippen LogP contribution in [0.3, 0.4) is 0 Å². The van der Waals surface area contributed by atoms with Crippen LogP contribution in [0.5, 0.6) is 0 Å². The van der Waals surface area contributed by atoms with E-state index in [9.17, 15) is 4.79 Å². The van der Waals surface area contributed by atoms with Gasteiger partial charge in [0.05, 0.1) is 0 Å². The van der Waals surface area contributed by atoms with Gasteiger partial charge in [0.2, 0.25) is 0 Å². The van der Waals surface area contributed by atoms with Crippen LogP contribution in [0.15, 0.2) is 30.3 Å². The van der Waals surface area contributed by atoms with Crippen molar-refractivity contribution in [1.82, 2.24) is 5.48 Å². The molecule has 0 heterocycles. The van der Waals surface area contributed by atoms with E-state index < -0.39 is 0 Å². The third kappa shape index (κ3) is 4.01. The van der Waals surface area contributed by atoms with Gasteiger partial charge in [0.25, 0.3) is 0 Å². The number of nitrogens with one attached hydrogen (secondary N) is 1. The van der Waals surface area contributed by atoms with Gasteiger partial charge in [0, 0.05) is 0 Å². The second kappa shape index (κ2) is 6.58. The van der Waals surface area contributed by atoms with Crippen molar-refractivity contribution >= 4 is 25.4 Å². The molecule has 0 aliphatic carbocycles. The van der Waals surface area contributed by atoms with Crippen LogP contribution in [-0.2, 0) is 9.53 Å². The molecule has 0 aliphatic rings. The average Bonchev–Trinajstić information content (AvgIpc) is 2.29. The molecule has 0 saturated carbocycles. The second-order valence-electron chi connectivity index (χ2n) is 2.80. The SMILES string of the molecule is COC(=O)C(CNO)[Se]c1ccccc1. The molecule has 15 heavy (non-hydrogen) atoms. The number of hydrogen-bond acceptors (Lipinski definition) is 4. The molecule has 0 aliphatic heterocycles. The number of carbonyl (C=O) groups excluding carboxylic acids is 1. The Morgan fingerprint density at radius 2 is 2.20 bits per heavy atom. The molecule has 1 unspecified atom stereocenters. The summed E-state index contributed by atoms with van der Waals surface area (Å²) in [4.78, 5) is 11.1. The van der Waals surface area contributed by atoms with Gasteiger partial charge in [0.15, 0.2) is 0 Å². The Morgan fingerprint density at radius 1 is 1.53 bits per heavy atom. The van der Waals surface area contributed by atoms with E-state index in [1.807, 2.05) is 35.8 Å². The van der Waals surface area contributed by atoms with Crippen LogP contribution < -0.4 is 9.94 Å². The molecule has 2 N–H and O–H groups in total. The van der Waals surface area contributed by atoms with E-state index in [0.29, 0.717) is 0 Å². The van der Waals surface area contributed by atoms with E-state index in [4.69, 9.17) is 5.21 Å². The number of hydrogen-bond donors (Lipinski definition) is 2. The van der Waals surface area contributed by atoms with Gasteiger partial charge in [-0.1, -0.05) is 0 Å². The van der Waals surface area contributed by atoms with E-state index in [2.05, 4.69) is 4.74 Å². The Morgan fingerprint density at radius 3 is 2.73 bits per heavy atom. The summed E-state index contributed by atoms with van der Waals surface area (Å²) >= 11 is -0.0376. The van der Waals surface area contributed by atoms with E-state index >= 15 is 0 Å². The molecule has 0 radical (unpaired) electrons. The fraction of sp³-hybridized carbons (Fsp3) is 0.300. The molecule has 0 fully saturated rings. The van der Waals surface area contributed by atoms with Crippen LogP contribution in [0, 0.1) is 0 Å². The number of ether oxygens (including phenoxy) is 1. The maximum absolute atomic E-state index is 11.3. The van der Waals surface area contributed by atoms with Gasteiger partial charge < -0.3 is 0 Å². The number of methoxy groups -OCH3 is 1. The summed E-state index contributed by atoms with van der Waals surface area (Å²) in [6.07, 6.45) is 0. The van der Waals surface area contributed by atoms with Crippen molar-refractivity contribution in [2.75, 3.05) is 13.7 Å². The molecule has 0 bridgehead atoms. The molecule has 0 saturated heterocycles. The predicted octanol–water partition coefficient (Wildman–Crippen LogP) is -0.0436. The monoisotopic (exact) mass is 275 g/mol. The molecule has 4 nitrogen and oxygen atoms in total. The zero-order valence-corrected chi connectivity index (χ0v) is 10.1. The van der Waals surface area contributed by atoms with Gasteiger partial charge >= 0.3 is 94.4 Å². The molecule has 1 aromatic carbocycles. The van der Waals surface area contributed by atoms with E-state index in [1.165, 1.54) is 7.11 Å². The van der Waals surface area contributed by atoms with Crippen LogP contribution in [0.25, 0.3) is 0 Å². The first-order valence-corrected chi connectivity index (χ1v) is 6.29. The van der Waals surface area contributed by atoms with Crippen LogP contribution >= 0.6 is 0 Å². The first kappa shape index (κ1) is 12.2. The van der Waals surface area contributed by atoms with Crippen LogP contribution in [0.1, 0.15) is 0 Å². The maximum atomic E-state index is 11.3. The molecule has 82 valence electrons.